The molecule has 0 saturated carbocycles. The average Bonchev–Trinajstić information content (AvgIpc) is 2.51. The molecule has 0 atom stereocenters. The molecule has 0 saturated heterocycles. The second-order valence-corrected chi connectivity index (χ2v) is 7.14. The molecule has 0 aliphatic heterocycles. The Hall–Kier alpha value is -1.26. The molecule has 94 valence electrons. The highest BCUT2D eigenvalue weighted by atomic mass is 32.2. The van der Waals surface area contributed by atoms with E-state index >= 15 is 0 Å². The first-order chi connectivity index (χ1) is 7.77. The van der Waals surface area contributed by atoms with Crippen molar-refractivity contribution < 1.29 is 8.42 Å². The van der Waals surface area contributed by atoms with E-state index in [9.17, 15) is 8.42 Å². The summed E-state index contributed by atoms with van der Waals surface area (Å²) in [6.07, 6.45) is 1.09. The van der Waals surface area contributed by atoms with Crippen LogP contribution in [0.5, 0.6) is 0 Å². The van der Waals surface area contributed by atoms with E-state index < -0.39 is 9.84 Å². The predicted molar refractivity (Wildman–Crippen MR) is 69.9 cm³/mol. The fourth-order valence-corrected chi connectivity index (χ4v) is 3.67. The van der Waals surface area contributed by atoms with Gasteiger partial charge in [-0.25, -0.2) is 8.42 Å². The van der Waals surface area contributed by atoms with E-state index in [1.54, 1.807) is 0 Å². The average molecular weight is 273 g/mol. The fourth-order valence-electron chi connectivity index (χ4n) is 1.29. The molecule has 0 radical (unpaired) electrons. The highest BCUT2D eigenvalue weighted by Gasteiger charge is 2.23. The zero-order valence-corrected chi connectivity index (χ0v) is 11.6. The lowest BCUT2D eigenvalue weighted by atomic mass is 10.2. The van der Waals surface area contributed by atoms with Crippen LogP contribution in [0.4, 0.5) is 10.7 Å². The van der Waals surface area contributed by atoms with Crippen LogP contribution in [0.3, 0.4) is 0 Å². The van der Waals surface area contributed by atoms with Crippen LogP contribution < -0.4 is 11.1 Å². The van der Waals surface area contributed by atoms with Gasteiger partial charge in [0.1, 0.15) is 20.8 Å². The van der Waals surface area contributed by atoms with Gasteiger partial charge in [0.2, 0.25) is 0 Å². The van der Waals surface area contributed by atoms with Crippen LogP contribution in [0.25, 0.3) is 0 Å². The number of sulfone groups is 1. The van der Waals surface area contributed by atoms with Crippen LogP contribution in [-0.4, -0.2) is 21.2 Å². The van der Waals surface area contributed by atoms with Gasteiger partial charge in [0, 0.05) is 12.8 Å². The van der Waals surface area contributed by atoms with Gasteiger partial charge in [-0.3, -0.25) is 0 Å². The van der Waals surface area contributed by atoms with Gasteiger partial charge in [0.15, 0.2) is 9.84 Å². The first-order valence-corrected chi connectivity index (χ1v) is 7.74. The molecular formula is C10H15N3O2S2. The largest absolute Gasteiger partial charge is 0.396 e. The molecule has 0 aliphatic carbocycles. The van der Waals surface area contributed by atoms with Crippen molar-refractivity contribution in [2.75, 3.05) is 23.9 Å². The van der Waals surface area contributed by atoms with Crippen molar-refractivity contribution in [3.05, 3.63) is 4.88 Å². The SMILES string of the molecule is CC(C)CNc1sc(C#N)c(N)c1S(C)(=O)=O. The molecule has 17 heavy (non-hydrogen) atoms. The molecule has 0 aromatic carbocycles. The Morgan fingerprint density at radius 1 is 1.53 bits per heavy atom. The van der Waals surface area contributed by atoms with Gasteiger partial charge < -0.3 is 11.1 Å². The maximum atomic E-state index is 11.6. The Bertz CT molecular complexity index is 553. The molecule has 0 aliphatic rings. The number of nitrogens with one attached hydrogen (secondary N) is 1. The number of nitrogens with zero attached hydrogens (tertiary/aromatic N) is 1. The fraction of sp³-hybridized carbons (Fsp3) is 0.500. The summed E-state index contributed by atoms with van der Waals surface area (Å²) in [5.74, 6) is 0.372. The monoisotopic (exact) mass is 273 g/mol. The van der Waals surface area contributed by atoms with Gasteiger partial charge in [-0.15, -0.1) is 11.3 Å². The number of hydrogen-bond donors (Lipinski definition) is 2. The van der Waals surface area contributed by atoms with Crippen LogP contribution in [0.1, 0.15) is 18.7 Å². The van der Waals surface area contributed by atoms with Crippen molar-refractivity contribution in [2.45, 2.75) is 18.7 Å². The summed E-state index contributed by atoms with van der Waals surface area (Å²) in [5, 5.41) is 12.3. The van der Waals surface area contributed by atoms with Crippen molar-refractivity contribution in [1.29, 1.82) is 5.26 Å². The first kappa shape index (κ1) is 13.8. The Morgan fingerprint density at radius 2 is 2.12 bits per heavy atom. The maximum absolute atomic E-state index is 11.6. The van der Waals surface area contributed by atoms with E-state index in [2.05, 4.69) is 5.32 Å². The topological polar surface area (TPSA) is 96.0 Å². The van der Waals surface area contributed by atoms with E-state index in [1.165, 1.54) is 0 Å². The van der Waals surface area contributed by atoms with Gasteiger partial charge in [-0.05, 0) is 5.92 Å². The van der Waals surface area contributed by atoms with Crippen LogP contribution in [0.2, 0.25) is 0 Å². The summed E-state index contributed by atoms with van der Waals surface area (Å²) in [4.78, 5) is 0.274. The third-order valence-electron chi connectivity index (χ3n) is 2.04. The van der Waals surface area contributed by atoms with Crippen molar-refractivity contribution in [1.82, 2.24) is 0 Å². The Labute approximate surface area is 105 Å². The summed E-state index contributed by atoms with van der Waals surface area (Å²) in [6.45, 7) is 4.65. The Morgan fingerprint density at radius 3 is 2.53 bits per heavy atom. The lowest BCUT2D eigenvalue weighted by Gasteiger charge is -2.08. The Balaban J connectivity index is 3.26. The molecule has 1 aromatic rings. The quantitative estimate of drug-likeness (QED) is 0.870. The summed E-state index contributed by atoms with van der Waals surface area (Å²) in [7, 11) is -3.43. The number of nitrogens with two attached hydrogens (primary N) is 1. The molecule has 0 amide bonds. The number of nitriles is 1. The van der Waals surface area contributed by atoms with Crippen molar-refractivity contribution in [2.24, 2.45) is 5.92 Å². The van der Waals surface area contributed by atoms with Gasteiger partial charge in [-0.2, -0.15) is 5.26 Å². The number of thiophene rings is 1. The predicted octanol–water partition coefficient (Wildman–Crippen LogP) is 1.67. The van der Waals surface area contributed by atoms with E-state index in [0.717, 1.165) is 17.6 Å². The zero-order chi connectivity index (χ0) is 13.2. The van der Waals surface area contributed by atoms with E-state index in [1.807, 2.05) is 19.9 Å². The van der Waals surface area contributed by atoms with Crippen LogP contribution >= 0.6 is 11.3 Å². The summed E-state index contributed by atoms with van der Waals surface area (Å²) in [6, 6.07) is 1.90. The highest BCUT2D eigenvalue weighted by Crippen LogP contribution is 2.38. The number of anilines is 2. The van der Waals surface area contributed by atoms with Crippen LogP contribution in [0.15, 0.2) is 4.90 Å². The molecule has 1 heterocycles. The minimum absolute atomic E-state index is 0.0414. The number of rotatable bonds is 4. The zero-order valence-electron chi connectivity index (χ0n) is 9.94. The molecule has 7 heteroatoms. The second kappa shape index (κ2) is 4.94. The van der Waals surface area contributed by atoms with Gasteiger partial charge >= 0.3 is 0 Å². The van der Waals surface area contributed by atoms with Crippen molar-refractivity contribution in [3.8, 4) is 6.07 Å². The molecule has 1 rings (SSSR count). The third kappa shape index (κ3) is 3.11. The smallest absolute Gasteiger partial charge is 0.180 e. The lowest BCUT2D eigenvalue weighted by molar-refractivity contribution is 0.602. The highest BCUT2D eigenvalue weighted by molar-refractivity contribution is 7.91. The molecule has 0 bridgehead atoms. The molecule has 5 nitrogen and oxygen atoms in total. The third-order valence-corrected chi connectivity index (χ3v) is 4.41. The minimum Gasteiger partial charge on any atom is -0.396 e. The minimum atomic E-state index is -3.43. The van der Waals surface area contributed by atoms with E-state index in [0.29, 0.717) is 17.5 Å². The van der Waals surface area contributed by atoms with Gasteiger partial charge in [0.25, 0.3) is 0 Å². The molecule has 1 aromatic heterocycles. The number of nitrogen functional groups attached to an aromatic ring is 1. The van der Waals surface area contributed by atoms with Gasteiger partial charge in [0.05, 0.1) is 5.69 Å². The molecule has 0 unspecified atom stereocenters. The standard InChI is InChI=1S/C10H15N3O2S2/c1-6(2)5-13-10-9(17(3,14)15)8(12)7(4-11)16-10/h6,13H,5,12H2,1-3H3. The lowest BCUT2D eigenvalue weighted by Crippen LogP contribution is -2.10. The summed E-state index contributed by atoms with van der Waals surface area (Å²) in [5.41, 5.74) is 5.72. The molecule has 0 fully saturated rings. The van der Waals surface area contributed by atoms with Crippen LogP contribution in [0, 0.1) is 17.2 Å². The summed E-state index contributed by atoms with van der Waals surface area (Å²) < 4.78 is 23.3. The maximum Gasteiger partial charge on any atom is 0.180 e. The Kier molecular flexibility index (Phi) is 4.01. The van der Waals surface area contributed by atoms with Crippen LogP contribution in [-0.2, 0) is 9.84 Å². The normalized spacial score (nSPS) is 11.5. The molecule has 0 spiro atoms. The van der Waals surface area contributed by atoms with E-state index in [-0.39, 0.29) is 15.5 Å². The van der Waals surface area contributed by atoms with Crippen molar-refractivity contribution >= 4 is 31.9 Å². The summed E-state index contributed by atoms with van der Waals surface area (Å²) >= 11 is 1.08. The van der Waals surface area contributed by atoms with Gasteiger partial charge in [-0.1, -0.05) is 13.8 Å². The number of hydrogen-bond acceptors (Lipinski definition) is 6. The van der Waals surface area contributed by atoms with Crippen molar-refractivity contribution in [3.63, 3.8) is 0 Å². The van der Waals surface area contributed by atoms with E-state index in [4.69, 9.17) is 11.0 Å². The molecule has 3 N–H and O–H groups in total. The first-order valence-electron chi connectivity index (χ1n) is 5.03. The second-order valence-electron chi connectivity index (χ2n) is 4.16. The molecular weight excluding hydrogens is 258 g/mol.